The van der Waals surface area contributed by atoms with Crippen LogP contribution in [0.4, 0.5) is 14.3 Å². The number of anilines is 1. The van der Waals surface area contributed by atoms with Crippen molar-refractivity contribution in [3.8, 4) is 11.3 Å². The van der Waals surface area contributed by atoms with Crippen molar-refractivity contribution in [2.75, 3.05) is 32.5 Å². The first-order valence-electron chi connectivity index (χ1n) is 8.83. The van der Waals surface area contributed by atoms with E-state index in [0.717, 1.165) is 11.3 Å². The van der Waals surface area contributed by atoms with E-state index in [9.17, 15) is 9.18 Å². The van der Waals surface area contributed by atoms with Crippen molar-refractivity contribution in [2.45, 2.75) is 6.54 Å². The third-order valence-electron chi connectivity index (χ3n) is 4.10. The van der Waals surface area contributed by atoms with Gasteiger partial charge in [0, 0.05) is 42.0 Å². The van der Waals surface area contributed by atoms with Crippen LogP contribution in [-0.4, -0.2) is 53.0 Å². The number of nitrogens with zero attached hydrogens (tertiary/aromatic N) is 4. The van der Waals surface area contributed by atoms with Gasteiger partial charge in [-0.3, -0.25) is 10.3 Å². The Morgan fingerprint density at radius 3 is 2.71 bits per heavy atom. The quantitative estimate of drug-likeness (QED) is 0.654. The van der Waals surface area contributed by atoms with Gasteiger partial charge in [0.15, 0.2) is 5.13 Å². The van der Waals surface area contributed by atoms with Gasteiger partial charge in [-0.15, -0.1) is 11.3 Å². The zero-order chi connectivity index (χ0) is 19.9. The number of pyridine rings is 1. The maximum Gasteiger partial charge on any atom is 0.323 e. The molecule has 2 heterocycles. The summed E-state index contributed by atoms with van der Waals surface area (Å²) in [7, 11) is 3.86. The number of nitrogens with one attached hydrogen (secondary N) is 1. The molecule has 0 fully saturated rings. The van der Waals surface area contributed by atoms with E-state index >= 15 is 0 Å². The van der Waals surface area contributed by atoms with Crippen LogP contribution in [0.25, 0.3) is 11.3 Å². The average molecular weight is 399 g/mol. The molecule has 3 aromatic rings. The molecule has 146 valence electrons. The van der Waals surface area contributed by atoms with Crippen molar-refractivity contribution in [1.29, 1.82) is 0 Å². The van der Waals surface area contributed by atoms with Crippen molar-refractivity contribution in [2.24, 2.45) is 0 Å². The van der Waals surface area contributed by atoms with Gasteiger partial charge in [0.25, 0.3) is 0 Å². The molecule has 0 saturated carbocycles. The summed E-state index contributed by atoms with van der Waals surface area (Å²) in [6.45, 7) is 1.32. The Morgan fingerprint density at radius 1 is 1.18 bits per heavy atom. The number of hydrogen-bond donors (Lipinski definition) is 1. The molecular formula is C20H22FN5OS. The maximum absolute atomic E-state index is 14.0. The molecule has 6 nitrogen and oxygen atoms in total. The van der Waals surface area contributed by atoms with Gasteiger partial charge in [-0.05, 0) is 32.3 Å². The van der Waals surface area contributed by atoms with E-state index < -0.39 is 0 Å². The van der Waals surface area contributed by atoms with Crippen LogP contribution in [0.5, 0.6) is 0 Å². The van der Waals surface area contributed by atoms with Crippen LogP contribution in [-0.2, 0) is 6.54 Å². The molecular weight excluding hydrogens is 377 g/mol. The number of halogens is 1. The standard InChI is InChI=1S/C20H22FN5OS/c1-25(2)10-11-26(13-16-6-3-4-8-17(16)21)20(27)24-19-23-18(14-28-19)15-7-5-9-22-12-15/h3-9,12,14H,10-11,13H2,1-2H3,(H,23,24,27). The van der Waals surface area contributed by atoms with E-state index in [1.165, 1.54) is 17.4 Å². The van der Waals surface area contributed by atoms with Gasteiger partial charge in [-0.25, -0.2) is 14.2 Å². The van der Waals surface area contributed by atoms with E-state index in [-0.39, 0.29) is 18.4 Å². The first kappa shape index (κ1) is 19.9. The third kappa shape index (κ3) is 5.34. The number of benzene rings is 1. The lowest BCUT2D eigenvalue weighted by atomic mass is 10.2. The fourth-order valence-electron chi connectivity index (χ4n) is 2.55. The SMILES string of the molecule is CN(C)CCN(Cc1ccccc1F)C(=O)Nc1nc(-c2cccnc2)cs1. The lowest BCUT2D eigenvalue weighted by Gasteiger charge is -2.24. The second kappa shape index (κ2) is 9.38. The summed E-state index contributed by atoms with van der Waals surface area (Å²) in [6, 6.07) is 9.94. The maximum atomic E-state index is 14.0. The predicted octanol–water partition coefficient (Wildman–Crippen LogP) is 3.94. The Hall–Kier alpha value is -2.84. The first-order chi connectivity index (χ1) is 13.5. The Bertz CT molecular complexity index is 916. The Morgan fingerprint density at radius 2 is 2.00 bits per heavy atom. The minimum absolute atomic E-state index is 0.188. The van der Waals surface area contributed by atoms with E-state index in [1.54, 1.807) is 35.5 Å². The minimum Gasteiger partial charge on any atom is -0.319 e. The number of aromatic nitrogens is 2. The number of hydrogen-bond acceptors (Lipinski definition) is 5. The molecule has 0 aliphatic heterocycles. The molecule has 0 radical (unpaired) electrons. The molecule has 0 spiro atoms. The van der Waals surface area contributed by atoms with Crippen molar-refractivity contribution < 1.29 is 9.18 Å². The van der Waals surface area contributed by atoms with Gasteiger partial charge in [0.2, 0.25) is 0 Å². The number of amides is 2. The summed E-state index contributed by atoms with van der Waals surface area (Å²) >= 11 is 1.34. The molecule has 0 bridgehead atoms. The van der Waals surface area contributed by atoms with E-state index in [4.69, 9.17) is 0 Å². The minimum atomic E-state index is -0.321. The van der Waals surface area contributed by atoms with Gasteiger partial charge in [-0.2, -0.15) is 0 Å². The number of carbonyl (C=O) groups excluding carboxylic acids is 1. The normalized spacial score (nSPS) is 10.9. The number of carbonyl (C=O) groups is 1. The highest BCUT2D eigenvalue weighted by molar-refractivity contribution is 7.14. The Kier molecular flexibility index (Phi) is 6.67. The van der Waals surface area contributed by atoms with Crippen molar-refractivity contribution in [1.82, 2.24) is 19.8 Å². The number of likely N-dealkylation sites (N-methyl/N-ethyl adjacent to an activating group) is 1. The van der Waals surface area contributed by atoms with Crippen LogP contribution < -0.4 is 5.32 Å². The Balaban J connectivity index is 1.72. The number of urea groups is 1. The summed E-state index contributed by atoms with van der Waals surface area (Å²) in [4.78, 5) is 24.9. The monoisotopic (exact) mass is 399 g/mol. The smallest absolute Gasteiger partial charge is 0.319 e. The zero-order valence-corrected chi connectivity index (χ0v) is 16.6. The first-order valence-corrected chi connectivity index (χ1v) is 9.71. The van der Waals surface area contributed by atoms with Crippen LogP contribution in [0.3, 0.4) is 0 Å². The highest BCUT2D eigenvalue weighted by Gasteiger charge is 2.17. The average Bonchev–Trinajstić information content (AvgIpc) is 3.15. The lowest BCUT2D eigenvalue weighted by molar-refractivity contribution is 0.201. The van der Waals surface area contributed by atoms with Gasteiger partial charge in [-0.1, -0.05) is 18.2 Å². The van der Waals surface area contributed by atoms with Crippen LogP contribution in [0.2, 0.25) is 0 Å². The summed E-state index contributed by atoms with van der Waals surface area (Å²) in [6.07, 6.45) is 3.42. The van der Waals surface area contributed by atoms with E-state index in [0.29, 0.717) is 23.8 Å². The highest BCUT2D eigenvalue weighted by Crippen LogP contribution is 2.24. The molecule has 2 aromatic heterocycles. The Labute approximate surface area is 167 Å². The molecule has 3 rings (SSSR count). The van der Waals surface area contributed by atoms with Crippen molar-refractivity contribution in [3.05, 3.63) is 65.6 Å². The van der Waals surface area contributed by atoms with Crippen LogP contribution in [0.15, 0.2) is 54.2 Å². The molecule has 28 heavy (non-hydrogen) atoms. The second-order valence-electron chi connectivity index (χ2n) is 6.53. The number of thiazole rings is 1. The topological polar surface area (TPSA) is 61.4 Å². The molecule has 2 amide bonds. The van der Waals surface area contributed by atoms with Crippen LogP contribution in [0, 0.1) is 5.82 Å². The van der Waals surface area contributed by atoms with Crippen molar-refractivity contribution in [3.63, 3.8) is 0 Å². The largest absolute Gasteiger partial charge is 0.323 e. The van der Waals surface area contributed by atoms with Crippen molar-refractivity contribution >= 4 is 22.5 Å². The highest BCUT2D eigenvalue weighted by atomic mass is 32.1. The van der Waals surface area contributed by atoms with Gasteiger partial charge >= 0.3 is 6.03 Å². The van der Waals surface area contributed by atoms with Crippen LogP contribution in [0.1, 0.15) is 5.56 Å². The summed E-state index contributed by atoms with van der Waals surface area (Å²) in [5.41, 5.74) is 2.11. The molecule has 1 N–H and O–H groups in total. The fourth-order valence-corrected chi connectivity index (χ4v) is 3.26. The molecule has 0 aliphatic rings. The second-order valence-corrected chi connectivity index (χ2v) is 7.38. The number of rotatable bonds is 7. The predicted molar refractivity (Wildman–Crippen MR) is 110 cm³/mol. The lowest BCUT2D eigenvalue weighted by Crippen LogP contribution is -2.39. The van der Waals surface area contributed by atoms with Gasteiger partial charge in [0.1, 0.15) is 5.82 Å². The van der Waals surface area contributed by atoms with E-state index in [1.807, 2.05) is 36.5 Å². The summed E-state index contributed by atoms with van der Waals surface area (Å²) < 4.78 is 14.0. The fraction of sp³-hybridized carbons (Fsp3) is 0.250. The molecule has 0 saturated heterocycles. The molecule has 0 aliphatic carbocycles. The van der Waals surface area contributed by atoms with Gasteiger partial charge < -0.3 is 9.80 Å². The van der Waals surface area contributed by atoms with E-state index in [2.05, 4.69) is 15.3 Å². The molecule has 1 aromatic carbocycles. The van der Waals surface area contributed by atoms with Crippen LogP contribution >= 0.6 is 11.3 Å². The van der Waals surface area contributed by atoms with Gasteiger partial charge in [0.05, 0.1) is 12.2 Å². The third-order valence-corrected chi connectivity index (χ3v) is 4.86. The molecule has 8 heteroatoms. The zero-order valence-electron chi connectivity index (χ0n) is 15.8. The molecule has 0 atom stereocenters. The summed E-state index contributed by atoms with van der Waals surface area (Å²) in [5.74, 6) is -0.321. The molecule has 0 unspecified atom stereocenters. The summed E-state index contributed by atoms with van der Waals surface area (Å²) in [5, 5.41) is 5.19.